The molecule has 28 heavy (non-hydrogen) atoms. The second kappa shape index (κ2) is 9.50. The van der Waals surface area contributed by atoms with E-state index in [0.717, 1.165) is 12.3 Å². The Morgan fingerprint density at radius 1 is 1.21 bits per heavy atom. The van der Waals surface area contributed by atoms with Gasteiger partial charge in [0.25, 0.3) is 0 Å². The van der Waals surface area contributed by atoms with Crippen LogP contribution in [0, 0.1) is 18.6 Å². The van der Waals surface area contributed by atoms with Gasteiger partial charge in [0.1, 0.15) is 29.6 Å². The van der Waals surface area contributed by atoms with E-state index in [1.807, 2.05) is 0 Å². The zero-order valence-electron chi connectivity index (χ0n) is 15.6. The minimum atomic E-state index is -0.806. The first kappa shape index (κ1) is 20.9. The quantitative estimate of drug-likeness (QED) is 0.391. The van der Waals surface area contributed by atoms with Gasteiger partial charge in [-0.25, -0.2) is 8.78 Å². The van der Waals surface area contributed by atoms with Crippen molar-refractivity contribution in [3.63, 3.8) is 0 Å². The summed E-state index contributed by atoms with van der Waals surface area (Å²) in [4.78, 5) is 31.6. The number of pyridine rings is 2. The van der Waals surface area contributed by atoms with E-state index in [-0.39, 0.29) is 18.0 Å². The van der Waals surface area contributed by atoms with Crippen molar-refractivity contribution in [2.75, 3.05) is 4.90 Å². The molecule has 0 spiro atoms. The fourth-order valence-electron chi connectivity index (χ4n) is 2.37. The molecule has 2 rings (SSSR count). The van der Waals surface area contributed by atoms with E-state index in [1.54, 1.807) is 32.9 Å². The highest BCUT2D eigenvalue weighted by Crippen LogP contribution is 2.23. The van der Waals surface area contributed by atoms with Gasteiger partial charge in [0, 0.05) is 18.0 Å². The maximum atomic E-state index is 13.7. The van der Waals surface area contributed by atoms with Crippen molar-refractivity contribution in [2.24, 2.45) is 0 Å². The Morgan fingerprint density at radius 2 is 1.96 bits per heavy atom. The van der Waals surface area contributed by atoms with Gasteiger partial charge in [0.05, 0.1) is 11.9 Å². The third-order valence-electron chi connectivity index (χ3n) is 3.86. The minimum absolute atomic E-state index is 0.0420. The molecule has 2 aromatic rings. The van der Waals surface area contributed by atoms with Crippen LogP contribution in [0.1, 0.15) is 35.6 Å². The maximum Gasteiger partial charge on any atom is 0.218 e. The molecule has 0 unspecified atom stereocenters. The van der Waals surface area contributed by atoms with Gasteiger partial charge in [0.15, 0.2) is 12.1 Å². The van der Waals surface area contributed by atoms with Crippen molar-refractivity contribution in [3.05, 3.63) is 76.7 Å². The molecule has 0 N–H and O–H groups in total. The van der Waals surface area contributed by atoms with Gasteiger partial charge in [-0.15, -0.1) is 0 Å². The van der Waals surface area contributed by atoms with Gasteiger partial charge in [-0.1, -0.05) is 0 Å². The van der Waals surface area contributed by atoms with Gasteiger partial charge in [-0.05, 0) is 44.6 Å². The first-order chi connectivity index (χ1) is 13.4. The van der Waals surface area contributed by atoms with Gasteiger partial charge in [0.2, 0.25) is 6.41 Å². The highest BCUT2D eigenvalue weighted by atomic mass is 19.1. The van der Waals surface area contributed by atoms with Crippen LogP contribution in [-0.4, -0.2) is 22.7 Å². The molecule has 0 aliphatic rings. The van der Waals surface area contributed by atoms with Gasteiger partial charge in [-0.2, -0.15) is 0 Å². The molecule has 0 aliphatic carbocycles. The molecule has 2 aromatic heterocycles. The lowest BCUT2D eigenvalue weighted by atomic mass is 10.2. The second-order valence-corrected chi connectivity index (χ2v) is 5.84. The number of ether oxygens (including phenoxy) is 1. The lowest BCUT2D eigenvalue weighted by molar-refractivity contribution is -0.107. The standard InChI is InChI=1S/C20H19F2N3O3/c1-4-17(28-11-19-18(22)6-15(21)9-24-19)5-14(3)25(12-27)20-7-16(10-26)23-8-13(20)2/h4-10,12H,11H2,1-3H3/b14-5-,17-4+. The highest BCUT2D eigenvalue weighted by Gasteiger charge is 2.13. The smallest absolute Gasteiger partial charge is 0.218 e. The number of halogens is 2. The summed E-state index contributed by atoms with van der Waals surface area (Å²) in [5.74, 6) is -1.22. The molecule has 146 valence electrons. The van der Waals surface area contributed by atoms with E-state index in [0.29, 0.717) is 35.4 Å². The number of anilines is 1. The lowest BCUT2D eigenvalue weighted by Crippen LogP contribution is -2.20. The van der Waals surface area contributed by atoms with Gasteiger partial charge >= 0.3 is 0 Å². The van der Waals surface area contributed by atoms with Crippen LogP contribution in [0.2, 0.25) is 0 Å². The summed E-state index contributed by atoms with van der Waals surface area (Å²) in [7, 11) is 0. The predicted octanol–water partition coefficient (Wildman–Crippen LogP) is 3.86. The van der Waals surface area contributed by atoms with Gasteiger partial charge < -0.3 is 4.74 Å². The molecular formula is C20H19F2N3O3. The molecule has 0 bridgehead atoms. The average Bonchev–Trinajstić information content (AvgIpc) is 2.68. The molecule has 0 aromatic carbocycles. The lowest BCUT2D eigenvalue weighted by Gasteiger charge is -2.21. The van der Waals surface area contributed by atoms with Crippen LogP contribution in [0.3, 0.4) is 0 Å². The van der Waals surface area contributed by atoms with E-state index in [1.165, 1.54) is 17.2 Å². The molecule has 0 atom stereocenters. The van der Waals surface area contributed by atoms with E-state index < -0.39 is 11.6 Å². The van der Waals surface area contributed by atoms with Crippen molar-refractivity contribution >= 4 is 18.4 Å². The number of hydrogen-bond donors (Lipinski definition) is 0. The fourth-order valence-corrected chi connectivity index (χ4v) is 2.37. The number of carbonyl (C=O) groups is 2. The zero-order chi connectivity index (χ0) is 20.7. The third kappa shape index (κ3) is 5.06. The molecule has 0 saturated heterocycles. The Kier molecular flexibility index (Phi) is 7.08. The van der Waals surface area contributed by atoms with Crippen LogP contribution in [0.4, 0.5) is 14.5 Å². The monoisotopic (exact) mass is 387 g/mol. The van der Waals surface area contributed by atoms with E-state index >= 15 is 0 Å². The number of aromatic nitrogens is 2. The average molecular weight is 387 g/mol. The van der Waals surface area contributed by atoms with Crippen molar-refractivity contribution < 1.29 is 23.1 Å². The van der Waals surface area contributed by atoms with Crippen molar-refractivity contribution in [1.29, 1.82) is 0 Å². The molecule has 1 amide bonds. The molecular weight excluding hydrogens is 368 g/mol. The number of aldehydes is 1. The van der Waals surface area contributed by atoms with E-state index in [4.69, 9.17) is 4.74 Å². The molecule has 8 heteroatoms. The first-order valence-electron chi connectivity index (χ1n) is 8.33. The third-order valence-corrected chi connectivity index (χ3v) is 3.86. The van der Waals surface area contributed by atoms with Crippen molar-refractivity contribution in [1.82, 2.24) is 9.97 Å². The molecule has 0 saturated carbocycles. The first-order valence-corrected chi connectivity index (χ1v) is 8.33. The van der Waals surface area contributed by atoms with Crippen LogP contribution in [-0.2, 0) is 16.1 Å². The van der Waals surface area contributed by atoms with Crippen LogP contribution < -0.4 is 4.90 Å². The van der Waals surface area contributed by atoms with Gasteiger partial charge in [-0.3, -0.25) is 24.5 Å². The number of amides is 1. The van der Waals surface area contributed by atoms with Crippen LogP contribution in [0.25, 0.3) is 0 Å². The summed E-state index contributed by atoms with van der Waals surface area (Å²) >= 11 is 0. The minimum Gasteiger partial charge on any atom is -0.487 e. The number of hydrogen-bond acceptors (Lipinski definition) is 5. The summed E-state index contributed by atoms with van der Waals surface area (Å²) in [5, 5.41) is 0. The topological polar surface area (TPSA) is 72.4 Å². The largest absolute Gasteiger partial charge is 0.487 e. The van der Waals surface area contributed by atoms with E-state index in [2.05, 4.69) is 9.97 Å². The summed E-state index contributed by atoms with van der Waals surface area (Å²) < 4.78 is 32.1. The SMILES string of the molecule is C/C=C(\C=C(\C)N(C=O)c1cc(C=O)ncc1C)OCc1ncc(F)cc1F. The predicted molar refractivity (Wildman–Crippen MR) is 99.4 cm³/mol. The van der Waals surface area contributed by atoms with E-state index in [9.17, 15) is 18.4 Å². The molecule has 0 fully saturated rings. The Morgan fingerprint density at radius 3 is 2.57 bits per heavy atom. The fraction of sp³-hybridized carbons (Fsp3) is 0.200. The number of allylic oxidation sites excluding steroid dienone is 3. The number of aryl methyl sites for hydroxylation is 1. The molecule has 0 aliphatic heterocycles. The normalized spacial score (nSPS) is 11.9. The second-order valence-electron chi connectivity index (χ2n) is 5.84. The van der Waals surface area contributed by atoms with Crippen LogP contribution >= 0.6 is 0 Å². The Labute approximate surface area is 161 Å². The molecule has 0 radical (unpaired) electrons. The van der Waals surface area contributed by atoms with Crippen molar-refractivity contribution in [3.8, 4) is 0 Å². The highest BCUT2D eigenvalue weighted by molar-refractivity contribution is 5.84. The number of carbonyl (C=O) groups excluding carboxylic acids is 2. The summed E-state index contributed by atoms with van der Waals surface area (Å²) in [6.45, 7) is 4.94. The summed E-state index contributed by atoms with van der Waals surface area (Å²) in [6, 6.07) is 2.23. The zero-order valence-corrected chi connectivity index (χ0v) is 15.6. The Balaban J connectivity index is 2.22. The number of rotatable bonds is 8. The summed E-state index contributed by atoms with van der Waals surface area (Å²) in [6.07, 6.45) is 6.81. The van der Waals surface area contributed by atoms with Crippen LogP contribution in [0.5, 0.6) is 0 Å². The van der Waals surface area contributed by atoms with Crippen molar-refractivity contribution in [2.45, 2.75) is 27.4 Å². The Hall–Kier alpha value is -3.42. The number of nitrogens with zero attached hydrogens (tertiary/aromatic N) is 3. The maximum absolute atomic E-state index is 13.7. The molecule has 2 heterocycles. The van der Waals surface area contributed by atoms with Crippen LogP contribution in [0.15, 0.2) is 48.1 Å². The molecule has 6 nitrogen and oxygen atoms in total. The Bertz CT molecular complexity index is 942. The summed E-state index contributed by atoms with van der Waals surface area (Å²) in [5.41, 5.74) is 1.86.